The summed E-state index contributed by atoms with van der Waals surface area (Å²) in [6.45, 7) is 9.92. The third kappa shape index (κ3) is 5.83. The van der Waals surface area contributed by atoms with Crippen LogP contribution in [0.5, 0.6) is 11.5 Å². The standard InChI is InChI=1S/C19H26N2O7/c1-18(2,3)11-19(4,5)20-16(22)10-28-17(23)12-8-14-15(27-7-6-26-14)9-13(12)21(24)25/h8-9H,6-7,10-11H2,1-5H3,(H,20,22). The van der Waals surface area contributed by atoms with Gasteiger partial charge < -0.3 is 19.5 Å². The third-order valence-electron chi connectivity index (χ3n) is 3.86. The van der Waals surface area contributed by atoms with E-state index in [4.69, 9.17) is 14.2 Å². The number of fused-ring (bicyclic) bond motifs is 1. The molecule has 9 heteroatoms. The number of hydrogen-bond acceptors (Lipinski definition) is 7. The molecule has 0 aromatic heterocycles. The summed E-state index contributed by atoms with van der Waals surface area (Å²) >= 11 is 0. The normalized spacial score (nSPS) is 13.6. The first-order chi connectivity index (χ1) is 12.9. The molecule has 2 rings (SSSR count). The van der Waals surface area contributed by atoms with Crippen LogP contribution in [0.3, 0.4) is 0 Å². The monoisotopic (exact) mass is 394 g/mol. The average Bonchev–Trinajstić information content (AvgIpc) is 2.55. The highest BCUT2D eigenvalue weighted by molar-refractivity contribution is 5.96. The molecule has 9 nitrogen and oxygen atoms in total. The molecule has 0 spiro atoms. The van der Waals surface area contributed by atoms with Crippen molar-refractivity contribution >= 4 is 17.6 Å². The first-order valence-electron chi connectivity index (χ1n) is 8.94. The molecule has 1 aromatic rings. The fraction of sp³-hybridized carbons (Fsp3) is 0.579. The molecule has 0 atom stereocenters. The van der Waals surface area contributed by atoms with E-state index in [1.165, 1.54) is 6.07 Å². The van der Waals surface area contributed by atoms with Crippen molar-refractivity contribution in [3.05, 3.63) is 27.8 Å². The van der Waals surface area contributed by atoms with Crippen molar-refractivity contribution in [3.63, 3.8) is 0 Å². The van der Waals surface area contributed by atoms with Gasteiger partial charge in [-0.1, -0.05) is 20.8 Å². The predicted octanol–water partition coefficient (Wildman–Crippen LogP) is 2.85. The van der Waals surface area contributed by atoms with Gasteiger partial charge in [0.05, 0.1) is 11.0 Å². The predicted molar refractivity (Wildman–Crippen MR) is 101 cm³/mol. The van der Waals surface area contributed by atoms with Crippen LogP contribution >= 0.6 is 0 Å². The van der Waals surface area contributed by atoms with Gasteiger partial charge in [0.2, 0.25) is 0 Å². The number of carbonyl (C=O) groups is 2. The van der Waals surface area contributed by atoms with Gasteiger partial charge in [0.15, 0.2) is 18.1 Å². The molecule has 28 heavy (non-hydrogen) atoms. The molecular formula is C19H26N2O7. The van der Waals surface area contributed by atoms with E-state index in [0.717, 1.165) is 6.07 Å². The van der Waals surface area contributed by atoms with Crippen LogP contribution in [0.2, 0.25) is 0 Å². The molecule has 0 radical (unpaired) electrons. The molecule has 0 unspecified atom stereocenters. The summed E-state index contributed by atoms with van der Waals surface area (Å²) in [6.07, 6.45) is 0.716. The van der Waals surface area contributed by atoms with Crippen LogP contribution in [0.25, 0.3) is 0 Å². The fourth-order valence-electron chi connectivity index (χ4n) is 3.38. The summed E-state index contributed by atoms with van der Waals surface area (Å²) in [4.78, 5) is 35.1. The minimum atomic E-state index is -0.979. The molecule has 0 bridgehead atoms. The topological polar surface area (TPSA) is 117 Å². The van der Waals surface area contributed by atoms with Crippen molar-refractivity contribution in [3.8, 4) is 11.5 Å². The van der Waals surface area contributed by atoms with Crippen molar-refractivity contribution < 1.29 is 28.7 Å². The number of nitrogens with one attached hydrogen (secondary N) is 1. The summed E-state index contributed by atoms with van der Waals surface area (Å²) in [6, 6.07) is 2.33. The lowest BCUT2D eigenvalue weighted by molar-refractivity contribution is -0.385. The lowest BCUT2D eigenvalue weighted by atomic mass is 9.82. The smallest absolute Gasteiger partial charge is 0.345 e. The van der Waals surface area contributed by atoms with Crippen LogP contribution in [-0.2, 0) is 9.53 Å². The second-order valence-corrected chi connectivity index (χ2v) is 8.52. The molecule has 1 aliphatic rings. The van der Waals surface area contributed by atoms with Gasteiger partial charge in [0.1, 0.15) is 18.8 Å². The number of carbonyl (C=O) groups excluding carboxylic acids is 2. The van der Waals surface area contributed by atoms with Crippen molar-refractivity contribution in [1.82, 2.24) is 5.32 Å². The molecule has 154 valence electrons. The first kappa shape index (κ1) is 21.5. The Labute approximate surface area is 163 Å². The van der Waals surface area contributed by atoms with E-state index in [-0.39, 0.29) is 35.7 Å². The zero-order valence-corrected chi connectivity index (χ0v) is 16.8. The quantitative estimate of drug-likeness (QED) is 0.448. The van der Waals surface area contributed by atoms with E-state index in [9.17, 15) is 19.7 Å². The second kappa shape index (κ2) is 8.04. The molecule has 1 N–H and O–H groups in total. The van der Waals surface area contributed by atoms with Gasteiger partial charge in [0.25, 0.3) is 11.6 Å². The summed E-state index contributed by atoms with van der Waals surface area (Å²) in [5, 5.41) is 14.1. The molecule has 0 fully saturated rings. The minimum Gasteiger partial charge on any atom is -0.486 e. The Hall–Kier alpha value is -2.84. The van der Waals surface area contributed by atoms with Gasteiger partial charge in [-0.15, -0.1) is 0 Å². The molecule has 1 heterocycles. The highest BCUT2D eigenvalue weighted by atomic mass is 16.6. The molecule has 1 aliphatic heterocycles. The number of hydrogen-bond donors (Lipinski definition) is 1. The highest BCUT2D eigenvalue weighted by Crippen LogP contribution is 2.36. The summed E-state index contributed by atoms with van der Waals surface area (Å²) in [7, 11) is 0. The summed E-state index contributed by atoms with van der Waals surface area (Å²) in [5.74, 6) is -1.05. The van der Waals surface area contributed by atoms with Gasteiger partial charge >= 0.3 is 5.97 Å². The van der Waals surface area contributed by atoms with Crippen molar-refractivity contribution in [1.29, 1.82) is 0 Å². The number of nitrogens with zero attached hydrogens (tertiary/aromatic N) is 1. The van der Waals surface area contributed by atoms with Crippen molar-refractivity contribution in [2.45, 2.75) is 46.6 Å². The Morgan fingerprint density at radius 2 is 1.71 bits per heavy atom. The SMILES string of the molecule is CC(C)(C)CC(C)(C)NC(=O)COC(=O)c1cc2c(cc1[N+](=O)[O-])OCCO2. The lowest BCUT2D eigenvalue weighted by Gasteiger charge is -2.33. The van der Waals surface area contributed by atoms with E-state index >= 15 is 0 Å². The number of ether oxygens (including phenoxy) is 3. The van der Waals surface area contributed by atoms with Gasteiger partial charge in [-0.05, 0) is 25.7 Å². The minimum absolute atomic E-state index is 0.000724. The summed E-state index contributed by atoms with van der Waals surface area (Å²) in [5.41, 5.74) is -1.26. The highest BCUT2D eigenvalue weighted by Gasteiger charge is 2.29. The molecule has 1 aromatic carbocycles. The van der Waals surface area contributed by atoms with Crippen LogP contribution in [0.15, 0.2) is 12.1 Å². The number of nitro groups is 1. The maximum Gasteiger partial charge on any atom is 0.345 e. The lowest BCUT2D eigenvalue weighted by Crippen LogP contribution is -2.47. The Morgan fingerprint density at radius 3 is 2.25 bits per heavy atom. The third-order valence-corrected chi connectivity index (χ3v) is 3.86. The Bertz CT molecular complexity index is 781. The largest absolute Gasteiger partial charge is 0.486 e. The fourth-order valence-corrected chi connectivity index (χ4v) is 3.38. The Morgan fingerprint density at radius 1 is 1.14 bits per heavy atom. The molecule has 1 amide bonds. The maximum atomic E-state index is 12.4. The van der Waals surface area contributed by atoms with E-state index in [1.54, 1.807) is 0 Å². The number of benzene rings is 1. The van der Waals surface area contributed by atoms with E-state index in [1.807, 2.05) is 13.8 Å². The zero-order valence-electron chi connectivity index (χ0n) is 16.8. The van der Waals surface area contributed by atoms with Crippen molar-refractivity contribution in [2.24, 2.45) is 5.41 Å². The zero-order chi connectivity index (χ0) is 21.1. The number of nitro benzene ring substituents is 1. The molecule has 0 saturated carbocycles. The Balaban J connectivity index is 2.06. The molecule has 0 aliphatic carbocycles. The van der Waals surface area contributed by atoms with E-state index < -0.39 is 34.6 Å². The van der Waals surface area contributed by atoms with Gasteiger partial charge in [-0.2, -0.15) is 0 Å². The number of rotatable bonds is 6. The van der Waals surface area contributed by atoms with Gasteiger partial charge in [0, 0.05) is 11.6 Å². The maximum absolute atomic E-state index is 12.4. The second-order valence-electron chi connectivity index (χ2n) is 8.52. The average molecular weight is 394 g/mol. The van der Waals surface area contributed by atoms with Crippen LogP contribution in [0.4, 0.5) is 5.69 Å². The first-order valence-corrected chi connectivity index (χ1v) is 8.94. The van der Waals surface area contributed by atoms with E-state index in [2.05, 4.69) is 26.1 Å². The van der Waals surface area contributed by atoms with Crippen LogP contribution in [-0.4, -0.2) is 42.2 Å². The van der Waals surface area contributed by atoms with Crippen molar-refractivity contribution in [2.75, 3.05) is 19.8 Å². The number of esters is 1. The van der Waals surface area contributed by atoms with Crippen LogP contribution < -0.4 is 14.8 Å². The molecule has 0 saturated heterocycles. The van der Waals surface area contributed by atoms with E-state index in [0.29, 0.717) is 6.42 Å². The van der Waals surface area contributed by atoms with Crippen LogP contribution in [0, 0.1) is 15.5 Å². The summed E-state index contributed by atoms with van der Waals surface area (Å²) < 4.78 is 15.6. The van der Waals surface area contributed by atoms with Gasteiger partial charge in [-0.3, -0.25) is 14.9 Å². The van der Waals surface area contributed by atoms with Gasteiger partial charge in [-0.25, -0.2) is 4.79 Å². The van der Waals surface area contributed by atoms with Crippen LogP contribution in [0.1, 0.15) is 51.4 Å². The Kier molecular flexibility index (Phi) is 6.16. The molecular weight excluding hydrogens is 368 g/mol. The number of amides is 1.